The summed E-state index contributed by atoms with van der Waals surface area (Å²) in [7, 11) is 0. The van der Waals surface area contributed by atoms with Gasteiger partial charge >= 0.3 is 0 Å². The Morgan fingerprint density at radius 1 is 1.31 bits per heavy atom. The first-order chi connectivity index (χ1) is 7.54. The Labute approximate surface area is 103 Å². The van der Waals surface area contributed by atoms with Crippen molar-refractivity contribution in [3.8, 4) is 5.75 Å². The molecule has 0 bridgehead atoms. The molecular formula is C10H13Cl2NO3. The van der Waals surface area contributed by atoms with E-state index in [9.17, 15) is 5.11 Å². The number of phenolic OH excluding ortho intramolecular Hbond substituents is 1. The SMILES string of the molecule is OCC(O)CNCc1cc(Cl)cc(Cl)c1O. The van der Waals surface area contributed by atoms with Crippen molar-refractivity contribution in [3.63, 3.8) is 0 Å². The molecule has 0 aliphatic carbocycles. The predicted octanol–water partition coefficient (Wildman–Crippen LogP) is 1.14. The van der Waals surface area contributed by atoms with Crippen LogP contribution in [0.25, 0.3) is 0 Å². The molecule has 0 saturated carbocycles. The van der Waals surface area contributed by atoms with E-state index < -0.39 is 6.10 Å². The number of hydrogen-bond donors (Lipinski definition) is 4. The van der Waals surface area contributed by atoms with Gasteiger partial charge in [0.05, 0.1) is 17.7 Å². The van der Waals surface area contributed by atoms with Crippen molar-refractivity contribution in [3.05, 3.63) is 27.7 Å². The number of halogens is 2. The molecule has 0 aromatic heterocycles. The first kappa shape index (κ1) is 13.5. The Balaban J connectivity index is 2.60. The highest BCUT2D eigenvalue weighted by Gasteiger charge is 2.08. The molecular weight excluding hydrogens is 253 g/mol. The molecule has 0 saturated heterocycles. The van der Waals surface area contributed by atoms with Gasteiger partial charge in [0.15, 0.2) is 0 Å². The maximum Gasteiger partial charge on any atom is 0.138 e. The minimum Gasteiger partial charge on any atom is -0.506 e. The Morgan fingerprint density at radius 3 is 2.62 bits per heavy atom. The number of aliphatic hydroxyl groups is 2. The first-order valence-corrected chi connectivity index (χ1v) is 5.46. The molecule has 1 atom stereocenters. The van der Waals surface area contributed by atoms with Crippen LogP contribution in [-0.2, 0) is 6.54 Å². The van der Waals surface area contributed by atoms with Crippen molar-refractivity contribution >= 4 is 23.2 Å². The Hall–Kier alpha value is -0.520. The lowest BCUT2D eigenvalue weighted by atomic mass is 10.2. The minimum absolute atomic E-state index is 0.0305. The number of hydrogen-bond acceptors (Lipinski definition) is 4. The maximum absolute atomic E-state index is 9.60. The quantitative estimate of drug-likeness (QED) is 0.645. The smallest absolute Gasteiger partial charge is 0.138 e. The molecule has 0 radical (unpaired) electrons. The highest BCUT2D eigenvalue weighted by molar-refractivity contribution is 6.35. The molecule has 1 rings (SSSR count). The van der Waals surface area contributed by atoms with Crippen LogP contribution >= 0.6 is 23.2 Å². The number of rotatable bonds is 5. The summed E-state index contributed by atoms with van der Waals surface area (Å²) in [5.41, 5.74) is 0.544. The van der Waals surface area contributed by atoms with Crippen molar-refractivity contribution < 1.29 is 15.3 Å². The summed E-state index contributed by atoms with van der Waals surface area (Å²) in [6, 6.07) is 3.03. The van der Waals surface area contributed by atoms with Gasteiger partial charge in [-0.15, -0.1) is 0 Å². The average Bonchev–Trinajstić information content (AvgIpc) is 2.24. The van der Waals surface area contributed by atoms with Gasteiger partial charge in [-0.25, -0.2) is 0 Å². The van der Waals surface area contributed by atoms with E-state index in [4.69, 9.17) is 33.4 Å². The molecule has 0 amide bonds. The van der Waals surface area contributed by atoms with Crippen LogP contribution in [0.1, 0.15) is 5.56 Å². The van der Waals surface area contributed by atoms with Gasteiger partial charge in [-0.05, 0) is 12.1 Å². The molecule has 4 nitrogen and oxygen atoms in total. The standard InChI is InChI=1S/C10H13Cl2NO3/c11-7-1-6(10(16)9(12)2-7)3-13-4-8(15)5-14/h1-2,8,13-16H,3-5H2. The summed E-state index contributed by atoms with van der Waals surface area (Å²) in [6.07, 6.45) is -0.822. The van der Waals surface area contributed by atoms with E-state index in [0.717, 1.165) is 0 Å². The van der Waals surface area contributed by atoms with Crippen LogP contribution in [0.2, 0.25) is 10.0 Å². The fourth-order valence-electron chi connectivity index (χ4n) is 1.19. The van der Waals surface area contributed by atoms with Crippen molar-refractivity contribution in [2.24, 2.45) is 0 Å². The van der Waals surface area contributed by atoms with Crippen molar-refractivity contribution in [2.75, 3.05) is 13.2 Å². The summed E-state index contributed by atoms with van der Waals surface area (Å²) < 4.78 is 0. The van der Waals surface area contributed by atoms with E-state index in [2.05, 4.69) is 5.32 Å². The summed E-state index contributed by atoms with van der Waals surface area (Å²) in [5.74, 6) is -0.0305. The lowest BCUT2D eigenvalue weighted by Gasteiger charge is -2.11. The van der Waals surface area contributed by atoms with Gasteiger partial charge in [0, 0.05) is 23.7 Å². The molecule has 1 aromatic rings. The normalized spacial score (nSPS) is 12.8. The van der Waals surface area contributed by atoms with Gasteiger partial charge in [0.25, 0.3) is 0 Å². The largest absolute Gasteiger partial charge is 0.506 e. The molecule has 1 unspecified atom stereocenters. The Kier molecular flexibility index (Phi) is 5.31. The van der Waals surface area contributed by atoms with Crippen LogP contribution < -0.4 is 5.32 Å². The van der Waals surface area contributed by atoms with E-state index in [-0.39, 0.29) is 23.9 Å². The Morgan fingerprint density at radius 2 is 2.00 bits per heavy atom. The van der Waals surface area contributed by atoms with Crippen molar-refractivity contribution in [2.45, 2.75) is 12.6 Å². The van der Waals surface area contributed by atoms with Crippen LogP contribution in [0.5, 0.6) is 5.75 Å². The third-order valence-electron chi connectivity index (χ3n) is 2.01. The molecule has 0 spiro atoms. The van der Waals surface area contributed by atoms with Gasteiger partial charge in [-0.3, -0.25) is 0 Å². The monoisotopic (exact) mass is 265 g/mol. The molecule has 0 heterocycles. The molecule has 6 heteroatoms. The van der Waals surface area contributed by atoms with E-state index in [1.807, 2.05) is 0 Å². The van der Waals surface area contributed by atoms with Crippen LogP contribution in [0.3, 0.4) is 0 Å². The third kappa shape index (κ3) is 3.81. The summed E-state index contributed by atoms with van der Waals surface area (Å²) in [5, 5.41) is 30.8. The van der Waals surface area contributed by atoms with E-state index in [1.165, 1.54) is 6.07 Å². The number of phenols is 1. The fraction of sp³-hybridized carbons (Fsp3) is 0.400. The summed E-state index contributed by atoms with van der Waals surface area (Å²) in [6.45, 7) is 0.221. The Bertz CT molecular complexity index is 360. The number of aromatic hydroxyl groups is 1. The first-order valence-electron chi connectivity index (χ1n) is 4.71. The zero-order chi connectivity index (χ0) is 12.1. The summed E-state index contributed by atoms with van der Waals surface area (Å²) in [4.78, 5) is 0. The second kappa shape index (κ2) is 6.27. The average molecular weight is 266 g/mol. The van der Waals surface area contributed by atoms with Crippen molar-refractivity contribution in [1.29, 1.82) is 0 Å². The molecule has 0 fully saturated rings. The van der Waals surface area contributed by atoms with E-state index in [0.29, 0.717) is 17.1 Å². The van der Waals surface area contributed by atoms with Crippen LogP contribution in [0.15, 0.2) is 12.1 Å². The zero-order valence-corrected chi connectivity index (χ0v) is 9.96. The van der Waals surface area contributed by atoms with Crippen molar-refractivity contribution in [1.82, 2.24) is 5.32 Å². The fourth-order valence-corrected chi connectivity index (χ4v) is 1.73. The number of aliphatic hydroxyl groups excluding tert-OH is 2. The molecule has 0 aliphatic heterocycles. The van der Waals surface area contributed by atoms with Crippen LogP contribution in [-0.4, -0.2) is 34.6 Å². The molecule has 4 N–H and O–H groups in total. The second-order valence-corrected chi connectivity index (χ2v) is 4.21. The zero-order valence-electron chi connectivity index (χ0n) is 8.45. The highest BCUT2D eigenvalue weighted by Crippen LogP contribution is 2.30. The number of benzene rings is 1. The van der Waals surface area contributed by atoms with E-state index >= 15 is 0 Å². The lowest BCUT2D eigenvalue weighted by molar-refractivity contribution is 0.0942. The highest BCUT2D eigenvalue weighted by atomic mass is 35.5. The second-order valence-electron chi connectivity index (χ2n) is 3.36. The predicted molar refractivity (Wildman–Crippen MR) is 62.9 cm³/mol. The van der Waals surface area contributed by atoms with Gasteiger partial charge < -0.3 is 20.6 Å². The minimum atomic E-state index is -0.822. The van der Waals surface area contributed by atoms with Gasteiger partial charge in [0.1, 0.15) is 5.75 Å². The lowest BCUT2D eigenvalue weighted by Crippen LogP contribution is -2.28. The van der Waals surface area contributed by atoms with Crippen LogP contribution in [0, 0.1) is 0 Å². The maximum atomic E-state index is 9.60. The molecule has 90 valence electrons. The van der Waals surface area contributed by atoms with E-state index in [1.54, 1.807) is 6.07 Å². The topological polar surface area (TPSA) is 72.7 Å². The van der Waals surface area contributed by atoms with Gasteiger partial charge in [-0.1, -0.05) is 23.2 Å². The van der Waals surface area contributed by atoms with Crippen LogP contribution in [0.4, 0.5) is 0 Å². The van der Waals surface area contributed by atoms with Gasteiger partial charge in [-0.2, -0.15) is 0 Å². The van der Waals surface area contributed by atoms with Gasteiger partial charge in [0.2, 0.25) is 0 Å². The molecule has 1 aromatic carbocycles. The third-order valence-corrected chi connectivity index (χ3v) is 2.52. The summed E-state index contributed by atoms with van der Waals surface area (Å²) >= 11 is 11.5. The number of nitrogens with one attached hydrogen (secondary N) is 1. The molecule has 16 heavy (non-hydrogen) atoms. The molecule has 0 aliphatic rings.